The van der Waals surface area contributed by atoms with Crippen LogP contribution in [0.2, 0.25) is 0 Å². The Kier molecular flexibility index (Phi) is 18.0. The van der Waals surface area contributed by atoms with E-state index in [1.54, 1.807) is 83.3 Å². The maximum Gasteiger partial charge on any atom is 0.408 e. The number of hydrogen-bond acceptors (Lipinski definition) is 15. The van der Waals surface area contributed by atoms with Gasteiger partial charge < -0.3 is 24.5 Å². The Hall–Kier alpha value is -5.28. The second-order valence-electron chi connectivity index (χ2n) is 11.9. The van der Waals surface area contributed by atoms with Crippen LogP contribution in [0.5, 0.6) is 0 Å². The second kappa shape index (κ2) is 23.1. The van der Waals surface area contributed by atoms with Gasteiger partial charge in [-0.3, -0.25) is 0 Å². The van der Waals surface area contributed by atoms with Crippen LogP contribution in [0.3, 0.4) is 0 Å². The van der Waals surface area contributed by atoms with Crippen LogP contribution in [0.25, 0.3) is 0 Å². The topological polar surface area (TPSA) is 205 Å². The zero-order valence-electron chi connectivity index (χ0n) is 31.1. The third-order valence-electron chi connectivity index (χ3n) is 7.28. The highest BCUT2D eigenvalue weighted by Crippen LogP contribution is 2.22. The van der Waals surface area contributed by atoms with E-state index in [9.17, 15) is 25.9 Å². The number of anilines is 2. The van der Waals surface area contributed by atoms with E-state index in [4.69, 9.17) is 4.74 Å². The van der Waals surface area contributed by atoms with E-state index >= 15 is 0 Å². The van der Waals surface area contributed by atoms with Crippen molar-refractivity contribution >= 4 is 75.9 Å². The summed E-state index contributed by atoms with van der Waals surface area (Å²) < 4.78 is 71.1. The van der Waals surface area contributed by atoms with Crippen molar-refractivity contribution in [1.82, 2.24) is 0 Å². The summed E-state index contributed by atoms with van der Waals surface area (Å²) in [6.07, 6.45) is 3.92. The van der Waals surface area contributed by atoms with Crippen LogP contribution in [-0.4, -0.2) is 52.2 Å². The Labute approximate surface area is 340 Å². The molecule has 0 unspecified atom stereocenters. The quantitative estimate of drug-likeness (QED) is 0.0433. The van der Waals surface area contributed by atoms with Crippen LogP contribution in [0, 0.1) is 0 Å². The molecule has 0 aliphatic rings. The average Bonchev–Trinajstić information content (AvgIpc) is 3.80. The van der Waals surface area contributed by atoms with Gasteiger partial charge >= 0.3 is 10.3 Å². The molecule has 6 aromatic rings. The highest BCUT2D eigenvalue weighted by molar-refractivity contribution is 7.85. The van der Waals surface area contributed by atoms with Crippen molar-refractivity contribution in [3.05, 3.63) is 143 Å². The molecule has 0 fully saturated rings. The second-order valence-corrected chi connectivity index (χ2v) is 16.5. The number of nitrogens with zero attached hydrogens (tertiary/aromatic N) is 6. The molecular formula is C38H42N8O7S4. The first-order valence-electron chi connectivity index (χ1n) is 17.2. The molecule has 2 heterocycles. The number of rotatable bonds is 16. The lowest BCUT2D eigenvalue weighted by Gasteiger charge is -2.09. The SMILES string of the molecule is C[n+]1ccsc1N=Nc1ccc(NCCOCCNc2ccc(N=Nc3scc[n+]3C)cc2)cc1.O=S(=O)([O-])Cc1ccccc1.O=S(=O)([O-])Cc1ccccc1. The lowest BCUT2D eigenvalue weighted by Crippen LogP contribution is -2.23. The Morgan fingerprint density at radius 2 is 0.930 bits per heavy atom. The van der Waals surface area contributed by atoms with Gasteiger partial charge in [0, 0.05) is 35.2 Å². The summed E-state index contributed by atoms with van der Waals surface area (Å²) in [6.45, 7) is 2.70. The molecule has 4 aromatic carbocycles. The third-order valence-corrected chi connectivity index (χ3v) is 10.3. The van der Waals surface area contributed by atoms with Gasteiger partial charge in [-0.05, 0) is 92.6 Å². The van der Waals surface area contributed by atoms with Crippen molar-refractivity contribution in [3.8, 4) is 0 Å². The van der Waals surface area contributed by atoms with E-state index in [0.29, 0.717) is 24.3 Å². The van der Waals surface area contributed by atoms with Crippen molar-refractivity contribution < 1.29 is 39.8 Å². The zero-order chi connectivity index (χ0) is 40.9. The van der Waals surface area contributed by atoms with Crippen molar-refractivity contribution in [1.29, 1.82) is 0 Å². The largest absolute Gasteiger partial charge is 0.748 e. The minimum atomic E-state index is -4.13. The lowest BCUT2D eigenvalue weighted by molar-refractivity contribution is -0.654. The Balaban J connectivity index is 0.000000265. The number of nitrogens with one attached hydrogen (secondary N) is 2. The molecule has 0 bridgehead atoms. The molecule has 0 atom stereocenters. The summed E-state index contributed by atoms with van der Waals surface area (Å²) in [4.78, 5) is 0. The Bertz CT molecular complexity index is 2190. The molecule has 2 aromatic heterocycles. The summed E-state index contributed by atoms with van der Waals surface area (Å²) in [6, 6.07) is 32.5. The summed E-state index contributed by atoms with van der Waals surface area (Å²) in [7, 11) is -4.35. The number of ether oxygens (including phenoxy) is 1. The number of aromatic nitrogens is 2. The molecule has 0 saturated carbocycles. The molecule has 2 N–H and O–H groups in total. The number of thiazole rings is 2. The third kappa shape index (κ3) is 18.5. The van der Waals surface area contributed by atoms with E-state index < -0.39 is 31.7 Å². The van der Waals surface area contributed by atoms with Crippen molar-refractivity contribution in [2.75, 3.05) is 36.9 Å². The number of benzene rings is 4. The molecule has 6 rings (SSSR count). The predicted molar refractivity (Wildman–Crippen MR) is 220 cm³/mol. The molecule has 19 heteroatoms. The normalized spacial score (nSPS) is 11.4. The van der Waals surface area contributed by atoms with Crippen LogP contribution in [0.4, 0.5) is 33.0 Å². The molecule has 0 spiro atoms. The Morgan fingerprint density at radius 3 is 1.25 bits per heavy atom. The molecule has 15 nitrogen and oxygen atoms in total. The maximum absolute atomic E-state index is 10.2. The van der Waals surface area contributed by atoms with Crippen LogP contribution in [0.1, 0.15) is 11.1 Å². The van der Waals surface area contributed by atoms with E-state index in [0.717, 1.165) is 46.1 Å². The van der Waals surface area contributed by atoms with Crippen molar-refractivity contribution in [2.24, 2.45) is 34.6 Å². The van der Waals surface area contributed by atoms with Crippen LogP contribution in [0.15, 0.2) is 153 Å². The molecule has 0 aliphatic carbocycles. The van der Waals surface area contributed by atoms with Gasteiger partial charge in [0.25, 0.3) is 0 Å². The minimum absolute atomic E-state index is 0.423. The monoisotopic (exact) mass is 850 g/mol. The number of aryl methyl sites for hydroxylation is 2. The van der Waals surface area contributed by atoms with Gasteiger partial charge in [-0.15, -0.1) is 0 Å². The Morgan fingerprint density at radius 1 is 0.561 bits per heavy atom. The smallest absolute Gasteiger partial charge is 0.408 e. The molecule has 0 radical (unpaired) electrons. The minimum Gasteiger partial charge on any atom is -0.748 e. The van der Waals surface area contributed by atoms with Crippen LogP contribution >= 0.6 is 22.7 Å². The van der Waals surface area contributed by atoms with Gasteiger partial charge in [0.2, 0.25) is 0 Å². The van der Waals surface area contributed by atoms with Crippen LogP contribution in [-0.2, 0) is 50.6 Å². The molecule has 57 heavy (non-hydrogen) atoms. The summed E-state index contributed by atoms with van der Waals surface area (Å²) in [5, 5.41) is 29.5. The zero-order valence-corrected chi connectivity index (χ0v) is 34.4. The van der Waals surface area contributed by atoms with Crippen molar-refractivity contribution in [3.63, 3.8) is 0 Å². The van der Waals surface area contributed by atoms with E-state index in [-0.39, 0.29) is 0 Å². The summed E-state index contributed by atoms with van der Waals surface area (Å²) in [5.74, 6) is -0.846. The molecule has 0 aliphatic heterocycles. The van der Waals surface area contributed by atoms with Gasteiger partial charge in [0.15, 0.2) is 0 Å². The highest BCUT2D eigenvalue weighted by atomic mass is 32.2. The first-order valence-corrected chi connectivity index (χ1v) is 22.1. The van der Waals surface area contributed by atoms with E-state index in [1.165, 1.54) is 0 Å². The first kappa shape index (κ1) is 44.4. The predicted octanol–water partition coefficient (Wildman–Crippen LogP) is 7.29. The van der Waals surface area contributed by atoms with Crippen LogP contribution < -0.4 is 19.8 Å². The fraction of sp³-hybridized carbons (Fsp3) is 0.211. The number of hydrogen-bond donors (Lipinski definition) is 2. The van der Waals surface area contributed by atoms with Gasteiger partial charge in [-0.25, -0.2) is 26.0 Å². The first-order chi connectivity index (χ1) is 27.3. The van der Waals surface area contributed by atoms with Gasteiger partial charge in [0.1, 0.15) is 23.8 Å². The van der Waals surface area contributed by atoms with Gasteiger partial charge in [0.05, 0.1) is 69.3 Å². The molecule has 300 valence electrons. The fourth-order valence-electron chi connectivity index (χ4n) is 4.53. The summed E-state index contributed by atoms with van der Waals surface area (Å²) >= 11 is 3.11. The lowest BCUT2D eigenvalue weighted by atomic mass is 10.2. The summed E-state index contributed by atoms with van der Waals surface area (Å²) in [5.41, 5.74) is 4.75. The number of azo groups is 2. The fourth-order valence-corrected chi connectivity index (χ4v) is 7.10. The van der Waals surface area contributed by atoms with Gasteiger partial charge in [-0.2, -0.15) is 0 Å². The standard InChI is InChI=1S/C24H26N8OS2.2C7H8O3S/c1-31-13-17-34-23(31)29-27-21-7-3-19(4-8-21)25-11-15-33-16-12-26-20-5-9-22(10-6-20)28-30-24-32(2)14-18-35-24;2*8-11(9,10)6-7-4-2-1-3-5-7/h3-10,13-14,17-18H,11-12,15-16H2,1-2H3;2*1-5H,6H2,(H,8,9,10). The van der Waals surface area contributed by atoms with E-state index in [1.807, 2.05) is 94.9 Å². The van der Waals surface area contributed by atoms with E-state index in [2.05, 4.69) is 31.1 Å². The molecule has 0 saturated heterocycles. The average molecular weight is 851 g/mol. The molecule has 0 amide bonds. The van der Waals surface area contributed by atoms with Gasteiger partial charge in [-0.1, -0.05) is 60.7 Å². The maximum atomic E-state index is 10.2. The highest BCUT2D eigenvalue weighted by Gasteiger charge is 2.08. The molecular weight excluding hydrogens is 809 g/mol. The van der Waals surface area contributed by atoms with Crippen molar-refractivity contribution in [2.45, 2.75) is 11.5 Å².